The fraction of sp³-hybridized carbons (Fsp3) is 0.692. The molecule has 1 aliphatic heterocycles. The zero-order chi connectivity index (χ0) is 17.5. The lowest BCUT2D eigenvalue weighted by molar-refractivity contribution is -0.123. The minimum atomic E-state index is -5.44. The predicted molar refractivity (Wildman–Crippen MR) is 77.0 cm³/mol. The largest absolute Gasteiger partial charge is 0.511 e. The molecule has 0 aromatic carbocycles. The molecule has 1 unspecified atom stereocenters. The Labute approximate surface area is 136 Å². The maximum absolute atomic E-state index is 12.8. The van der Waals surface area contributed by atoms with E-state index in [1.54, 1.807) is 0 Å². The van der Waals surface area contributed by atoms with Crippen LogP contribution < -0.4 is 5.32 Å². The van der Waals surface area contributed by atoms with E-state index in [4.69, 9.17) is 0 Å². The number of fused-ring (bicyclic) bond motifs is 1. The molecule has 0 spiro atoms. The van der Waals surface area contributed by atoms with Crippen molar-refractivity contribution < 1.29 is 26.4 Å². The van der Waals surface area contributed by atoms with Gasteiger partial charge in [0, 0.05) is 18.8 Å². The molecule has 0 saturated heterocycles. The van der Waals surface area contributed by atoms with Crippen LogP contribution in [-0.4, -0.2) is 46.5 Å². The topological polar surface area (TPSA) is 84.3 Å². The highest BCUT2D eigenvalue weighted by molar-refractivity contribution is 7.89. The van der Waals surface area contributed by atoms with E-state index in [0.29, 0.717) is 10.00 Å². The second-order valence-corrected chi connectivity index (χ2v) is 7.99. The first-order chi connectivity index (χ1) is 11.2. The molecule has 7 nitrogen and oxygen atoms in total. The molecule has 1 aromatic rings. The number of aromatic nitrogens is 2. The van der Waals surface area contributed by atoms with Gasteiger partial charge in [0.15, 0.2) is 0 Å². The second-order valence-electron chi connectivity index (χ2n) is 6.06. The van der Waals surface area contributed by atoms with Gasteiger partial charge in [0.25, 0.3) is 0 Å². The van der Waals surface area contributed by atoms with E-state index < -0.39 is 34.7 Å². The van der Waals surface area contributed by atoms with E-state index in [1.165, 1.54) is 16.9 Å². The molecule has 134 valence electrons. The van der Waals surface area contributed by atoms with Gasteiger partial charge in [-0.25, -0.2) is 8.42 Å². The number of nitrogens with zero attached hydrogens (tertiary/aromatic N) is 3. The standard InChI is InChI=1S/C13H17F3N4O3S/c14-13(15,16)24(22,23)19-7-10-4-5-17-20(10)11(8-19)6-12(21)18-9-2-1-3-9/h4-5,9,11H,1-3,6-8H2,(H,18,21). The van der Waals surface area contributed by atoms with Crippen LogP contribution in [0.4, 0.5) is 13.2 Å². The molecule has 1 N–H and O–H groups in total. The molecule has 0 radical (unpaired) electrons. The van der Waals surface area contributed by atoms with Crippen LogP contribution in [0.5, 0.6) is 0 Å². The lowest BCUT2D eigenvalue weighted by atomic mass is 9.93. The van der Waals surface area contributed by atoms with Crippen molar-refractivity contribution in [3.05, 3.63) is 18.0 Å². The molecule has 0 bridgehead atoms. The minimum absolute atomic E-state index is 0.105. The summed E-state index contributed by atoms with van der Waals surface area (Å²) in [4.78, 5) is 12.1. The molecule has 3 rings (SSSR count). The average Bonchev–Trinajstić information content (AvgIpc) is 2.90. The number of carbonyl (C=O) groups excluding carboxylic acids is 1. The number of hydrogen-bond donors (Lipinski definition) is 1. The van der Waals surface area contributed by atoms with Crippen molar-refractivity contribution in [2.24, 2.45) is 0 Å². The summed E-state index contributed by atoms with van der Waals surface area (Å²) in [5.41, 5.74) is -5.04. The fourth-order valence-electron chi connectivity index (χ4n) is 2.89. The van der Waals surface area contributed by atoms with E-state index in [9.17, 15) is 26.4 Å². The molecule has 1 aliphatic carbocycles. The maximum atomic E-state index is 12.8. The number of amides is 1. The Morgan fingerprint density at radius 2 is 2.08 bits per heavy atom. The number of rotatable bonds is 4. The second kappa shape index (κ2) is 6.03. The van der Waals surface area contributed by atoms with Crippen molar-refractivity contribution >= 4 is 15.9 Å². The number of hydrogen-bond acceptors (Lipinski definition) is 4. The molecule has 2 heterocycles. The third kappa shape index (κ3) is 3.14. The highest BCUT2D eigenvalue weighted by atomic mass is 32.2. The number of nitrogens with one attached hydrogen (secondary N) is 1. The van der Waals surface area contributed by atoms with E-state index in [-0.39, 0.29) is 18.4 Å². The Hall–Kier alpha value is -1.62. The number of halogens is 3. The van der Waals surface area contributed by atoms with Crippen LogP contribution in [-0.2, 0) is 21.4 Å². The minimum Gasteiger partial charge on any atom is -0.353 e. The molecular formula is C13H17F3N4O3S. The highest BCUT2D eigenvalue weighted by Gasteiger charge is 2.51. The Bertz CT molecular complexity index is 727. The molecule has 11 heteroatoms. The summed E-state index contributed by atoms with van der Waals surface area (Å²) in [6, 6.07) is 0.795. The molecule has 1 fully saturated rings. The van der Waals surface area contributed by atoms with Gasteiger partial charge < -0.3 is 5.32 Å². The first kappa shape index (κ1) is 17.2. The van der Waals surface area contributed by atoms with Gasteiger partial charge in [0.1, 0.15) is 0 Å². The van der Waals surface area contributed by atoms with Crippen LogP contribution in [0.3, 0.4) is 0 Å². The van der Waals surface area contributed by atoms with Crippen LogP contribution in [0.25, 0.3) is 0 Å². The lowest BCUT2D eigenvalue weighted by Crippen LogP contribution is -2.48. The summed E-state index contributed by atoms with van der Waals surface area (Å²) in [6.07, 6.45) is 4.08. The van der Waals surface area contributed by atoms with Crippen molar-refractivity contribution in [1.29, 1.82) is 0 Å². The van der Waals surface area contributed by atoms with Crippen LogP contribution in [0.15, 0.2) is 12.3 Å². The summed E-state index contributed by atoms with van der Waals surface area (Å²) >= 11 is 0. The van der Waals surface area contributed by atoms with Crippen LogP contribution in [0.1, 0.15) is 37.4 Å². The molecule has 1 atom stereocenters. The van der Waals surface area contributed by atoms with Gasteiger partial charge in [0.2, 0.25) is 5.91 Å². The third-order valence-electron chi connectivity index (χ3n) is 4.37. The molecule has 1 saturated carbocycles. The van der Waals surface area contributed by atoms with Crippen LogP contribution in [0, 0.1) is 0 Å². The van der Waals surface area contributed by atoms with Crippen molar-refractivity contribution in [1.82, 2.24) is 19.4 Å². The smallest absolute Gasteiger partial charge is 0.353 e. The van der Waals surface area contributed by atoms with Gasteiger partial charge in [-0.3, -0.25) is 9.48 Å². The van der Waals surface area contributed by atoms with Crippen molar-refractivity contribution in [2.75, 3.05) is 6.54 Å². The summed E-state index contributed by atoms with van der Waals surface area (Å²) in [5, 5.41) is 6.82. The number of alkyl halides is 3. The Morgan fingerprint density at radius 1 is 1.38 bits per heavy atom. The maximum Gasteiger partial charge on any atom is 0.511 e. The Morgan fingerprint density at radius 3 is 2.67 bits per heavy atom. The molecular weight excluding hydrogens is 349 g/mol. The number of sulfonamides is 1. The van der Waals surface area contributed by atoms with E-state index in [2.05, 4.69) is 10.4 Å². The van der Waals surface area contributed by atoms with Gasteiger partial charge in [-0.1, -0.05) is 0 Å². The monoisotopic (exact) mass is 366 g/mol. The molecule has 24 heavy (non-hydrogen) atoms. The highest BCUT2D eigenvalue weighted by Crippen LogP contribution is 2.32. The van der Waals surface area contributed by atoms with Crippen molar-refractivity contribution in [2.45, 2.75) is 49.8 Å². The average molecular weight is 366 g/mol. The third-order valence-corrected chi connectivity index (χ3v) is 5.92. The van der Waals surface area contributed by atoms with Crippen LogP contribution >= 0.6 is 0 Å². The Kier molecular flexibility index (Phi) is 4.32. The van der Waals surface area contributed by atoms with E-state index >= 15 is 0 Å². The van der Waals surface area contributed by atoms with Crippen molar-refractivity contribution in [3.8, 4) is 0 Å². The van der Waals surface area contributed by atoms with Gasteiger partial charge in [0.05, 0.1) is 24.7 Å². The molecule has 1 aromatic heterocycles. The summed E-state index contributed by atoms with van der Waals surface area (Å²) in [6.45, 7) is -0.850. The summed E-state index contributed by atoms with van der Waals surface area (Å²) in [5.74, 6) is -0.308. The lowest BCUT2D eigenvalue weighted by Gasteiger charge is -2.34. The van der Waals surface area contributed by atoms with E-state index in [0.717, 1.165) is 19.3 Å². The quantitative estimate of drug-likeness (QED) is 0.866. The van der Waals surface area contributed by atoms with E-state index in [1.807, 2.05) is 0 Å². The SMILES string of the molecule is O=C(CC1CN(S(=O)(=O)C(F)(F)F)Cc2ccnn21)NC1CCC1. The summed E-state index contributed by atoms with van der Waals surface area (Å²) < 4.78 is 63.6. The first-order valence-corrected chi connectivity index (χ1v) is 9.00. The van der Waals surface area contributed by atoms with Gasteiger partial charge in [-0.2, -0.15) is 22.6 Å². The molecule has 1 amide bonds. The normalized spacial score (nSPS) is 22.7. The number of carbonyl (C=O) groups is 1. The van der Waals surface area contributed by atoms with Gasteiger partial charge >= 0.3 is 15.5 Å². The first-order valence-electron chi connectivity index (χ1n) is 7.56. The van der Waals surface area contributed by atoms with Crippen molar-refractivity contribution in [3.63, 3.8) is 0 Å². The van der Waals surface area contributed by atoms with Gasteiger partial charge in [-0.05, 0) is 25.3 Å². The predicted octanol–water partition coefficient (Wildman–Crippen LogP) is 1.15. The van der Waals surface area contributed by atoms with Crippen LogP contribution in [0.2, 0.25) is 0 Å². The Balaban J connectivity index is 1.77. The summed E-state index contributed by atoms with van der Waals surface area (Å²) in [7, 11) is -5.44. The zero-order valence-electron chi connectivity index (χ0n) is 12.7. The molecule has 2 aliphatic rings. The van der Waals surface area contributed by atoms with Gasteiger partial charge in [-0.15, -0.1) is 0 Å². The fourth-order valence-corrected chi connectivity index (χ4v) is 3.85. The zero-order valence-corrected chi connectivity index (χ0v) is 13.5.